The fourth-order valence-corrected chi connectivity index (χ4v) is 2.79. The summed E-state index contributed by atoms with van der Waals surface area (Å²) in [4.78, 5) is 26.5. The predicted molar refractivity (Wildman–Crippen MR) is 81.2 cm³/mol. The quantitative estimate of drug-likeness (QED) is 0.814. The normalized spacial score (nSPS) is 25.3. The minimum atomic E-state index is -0.354. The molecule has 1 fully saturated rings. The molecule has 0 bridgehead atoms. The molecular formula is C16H30N2O2. The maximum Gasteiger partial charge on any atom is 0.246 e. The summed E-state index contributed by atoms with van der Waals surface area (Å²) in [6.45, 7) is 12.4. The molecule has 1 aliphatic rings. The van der Waals surface area contributed by atoms with Gasteiger partial charge in [-0.2, -0.15) is 0 Å². The highest BCUT2D eigenvalue weighted by Crippen LogP contribution is 2.21. The van der Waals surface area contributed by atoms with Gasteiger partial charge in [0.25, 0.3) is 0 Å². The minimum Gasteiger partial charge on any atom is -0.343 e. The third-order valence-corrected chi connectivity index (χ3v) is 4.01. The largest absolute Gasteiger partial charge is 0.343 e. The van der Waals surface area contributed by atoms with E-state index in [2.05, 4.69) is 39.9 Å². The molecule has 20 heavy (non-hydrogen) atoms. The highest BCUT2D eigenvalue weighted by atomic mass is 16.2. The average molecular weight is 282 g/mol. The molecule has 116 valence electrons. The Morgan fingerprint density at radius 3 is 2.15 bits per heavy atom. The zero-order valence-electron chi connectivity index (χ0n) is 13.8. The van der Waals surface area contributed by atoms with Gasteiger partial charge in [0.05, 0.1) is 0 Å². The lowest BCUT2D eigenvalue weighted by Gasteiger charge is -2.41. The van der Waals surface area contributed by atoms with Gasteiger partial charge in [-0.05, 0) is 44.9 Å². The molecule has 0 radical (unpaired) electrons. The molecule has 2 amide bonds. The summed E-state index contributed by atoms with van der Waals surface area (Å²) in [6, 6.07) is -0.575. The molecule has 3 atom stereocenters. The Bertz CT molecular complexity index is 352. The molecule has 4 nitrogen and oxygen atoms in total. The number of rotatable bonds is 6. The number of hydrogen-bond acceptors (Lipinski definition) is 2. The Kier molecular flexibility index (Phi) is 6.03. The van der Waals surface area contributed by atoms with Gasteiger partial charge in [0.15, 0.2) is 0 Å². The van der Waals surface area contributed by atoms with Crippen molar-refractivity contribution in [1.82, 2.24) is 10.2 Å². The summed E-state index contributed by atoms with van der Waals surface area (Å²) < 4.78 is 0. The second kappa shape index (κ2) is 7.09. The zero-order valence-corrected chi connectivity index (χ0v) is 13.8. The molecule has 0 aromatic carbocycles. The van der Waals surface area contributed by atoms with Crippen LogP contribution in [0.2, 0.25) is 0 Å². The summed E-state index contributed by atoms with van der Waals surface area (Å²) in [5.41, 5.74) is 0. The van der Waals surface area contributed by atoms with Crippen LogP contribution < -0.4 is 5.32 Å². The van der Waals surface area contributed by atoms with E-state index in [-0.39, 0.29) is 29.9 Å². The number of nitrogens with zero attached hydrogens (tertiary/aromatic N) is 1. The third-order valence-electron chi connectivity index (χ3n) is 4.01. The minimum absolute atomic E-state index is 0.0216. The first-order valence-corrected chi connectivity index (χ1v) is 7.86. The molecule has 1 aliphatic heterocycles. The molecule has 1 N–H and O–H groups in total. The maximum atomic E-state index is 12.6. The Labute approximate surface area is 123 Å². The lowest BCUT2D eigenvalue weighted by atomic mass is 9.96. The number of hydrogen-bond donors (Lipinski definition) is 1. The molecular weight excluding hydrogens is 252 g/mol. The first-order valence-electron chi connectivity index (χ1n) is 7.86. The topological polar surface area (TPSA) is 49.4 Å². The monoisotopic (exact) mass is 282 g/mol. The Hall–Kier alpha value is -1.06. The molecule has 3 unspecified atom stereocenters. The maximum absolute atomic E-state index is 12.6. The van der Waals surface area contributed by atoms with Gasteiger partial charge in [-0.25, -0.2) is 0 Å². The van der Waals surface area contributed by atoms with Gasteiger partial charge < -0.3 is 10.2 Å². The van der Waals surface area contributed by atoms with Crippen molar-refractivity contribution in [2.45, 2.75) is 78.9 Å². The van der Waals surface area contributed by atoms with Gasteiger partial charge in [0, 0.05) is 6.04 Å². The number of piperazine rings is 1. The SMILES string of the molecule is CC(C)CCC(C)N1C(=O)C(CC(C)C)NC(=O)C1C. The fraction of sp³-hybridized carbons (Fsp3) is 0.875. The van der Waals surface area contributed by atoms with Gasteiger partial charge in [-0.1, -0.05) is 27.7 Å². The van der Waals surface area contributed by atoms with Crippen molar-refractivity contribution in [3.05, 3.63) is 0 Å². The van der Waals surface area contributed by atoms with Crippen LogP contribution in [0.5, 0.6) is 0 Å². The van der Waals surface area contributed by atoms with Crippen molar-refractivity contribution in [1.29, 1.82) is 0 Å². The van der Waals surface area contributed by atoms with Crippen molar-refractivity contribution >= 4 is 11.8 Å². The number of carbonyl (C=O) groups excluding carboxylic acids is 2. The van der Waals surface area contributed by atoms with Crippen molar-refractivity contribution in [3.8, 4) is 0 Å². The smallest absolute Gasteiger partial charge is 0.246 e. The van der Waals surface area contributed by atoms with Crippen LogP contribution in [0.4, 0.5) is 0 Å². The third kappa shape index (κ3) is 4.22. The summed E-state index contributed by atoms with van der Waals surface area (Å²) in [6.07, 6.45) is 2.74. The lowest BCUT2D eigenvalue weighted by molar-refractivity contribution is -0.151. The van der Waals surface area contributed by atoms with Crippen molar-refractivity contribution in [2.24, 2.45) is 11.8 Å². The standard InChI is InChI=1S/C16H30N2O2/c1-10(2)7-8-12(5)18-13(6)15(19)17-14(16(18)20)9-11(3)4/h10-14H,7-9H2,1-6H3,(H,17,19). The van der Waals surface area contributed by atoms with E-state index in [4.69, 9.17) is 0 Å². The van der Waals surface area contributed by atoms with E-state index < -0.39 is 0 Å². The number of nitrogens with one attached hydrogen (secondary N) is 1. The van der Waals surface area contributed by atoms with Gasteiger partial charge in [0.2, 0.25) is 11.8 Å². The molecule has 0 aromatic rings. The highest BCUT2D eigenvalue weighted by molar-refractivity contribution is 5.96. The number of amides is 2. The van der Waals surface area contributed by atoms with Crippen LogP contribution in [0.1, 0.15) is 60.8 Å². The van der Waals surface area contributed by atoms with E-state index >= 15 is 0 Å². The average Bonchev–Trinajstić information content (AvgIpc) is 2.33. The van der Waals surface area contributed by atoms with Crippen LogP contribution >= 0.6 is 0 Å². The van der Waals surface area contributed by atoms with Crippen molar-refractivity contribution in [2.75, 3.05) is 0 Å². The van der Waals surface area contributed by atoms with Crippen LogP contribution in [0.3, 0.4) is 0 Å². The summed E-state index contributed by atoms with van der Waals surface area (Å²) in [5.74, 6) is 1.08. The van der Waals surface area contributed by atoms with Crippen LogP contribution in [-0.4, -0.2) is 34.8 Å². The van der Waals surface area contributed by atoms with Gasteiger partial charge in [-0.3, -0.25) is 9.59 Å². The molecule has 0 spiro atoms. The first-order chi connectivity index (χ1) is 9.23. The molecule has 0 saturated carbocycles. The number of carbonyl (C=O) groups is 2. The summed E-state index contributed by atoms with van der Waals surface area (Å²) in [5, 5.41) is 2.87. The lowest BCUT2D eigenvalue weighted by Crippen LogP contribution is -2.64. The van der Waals surface area contributed by atoms with Crippen LogP contribution in [-0.2, 0) is 9.59 Å². The second-order valence-corrected chi connectivity index (χ2v) is 6.93. The van der Waals surface area contributed by atoms with E-state index in [1.165, 1.54) is 0 Å². The van der Waals surface area contributed by atoms with E-state index in [0.29, 0.717) is 18.3 Å². The van der Waals surface area contributed by atoms with Gasteiger partial charge in [0.1, 0.15) is 12.1 Å². The zero-order chi connectivity index (χ0) is 15.4. The molecule has 4 heteroatoms. The Morgan fingerprint density at radius 2 is 1.65 bits per heavy atom. The first kappa shape index (κ1) is 17.0. The predicted octanol–water partition coefficient (Wildman–Crippen LogP) is 2.57. The van der Waals surface area contributed by atoms with Crippen molar-refractivity contribution < 1.29 is 9.59 Å². The Morgan fingerprint density at radius 1 is 1.05 bits per heavy atom. The van der Waals surface area contributed by atoms with E-state index in [9.17, 15) is 9.59 Å². The van der Waals surface area contributed by atoms with Gasteiger partial charge >= 0.3 is 0 Å². The van der Waals surface area contributed by atoms with Gasteiger partial charge in [-0.15, -0.1) is 0 Å². The summed E-state index contributed by atoms with van der Waals surface area (Å²) in [7, 11) is 0. The van der Waals surface area contributed by atoms with Crippen molar-refractivity contribution in [3.63, 3.8) is 0 Å². The highest BCUT2D eigenvalue weighted by Gasteiger charge is 2.40. The van der Waals surface area contributed by atoms with E-state index in [0.717, 1.165) is 12.8 Å². The Balaban J connectivity index is 2.79. The molecule has 1 heterocycles. The molecule has 1 saturated heterocycles. The van der Waals surface area contributed by atoms with Crippen LogP contribution in [0.25, 0.3) is 0 Å². The van der Waals surface area contributed by atoms with Crippen LogP contribution in [0, 0.1) is 11.8 Å². The molecule has 1 rings (SSSR count). The van der Waals surface area contributed by atoms with Crippen LogP contribution in [0.15, 0.2) is 0 Å². The molecule has 0 aliphatic carbocycles. The molecule has 0 aromatic heterocycles. The van der Waals surface area contributed by atoms with E-state index in [1.54, 1.807) is 4.90 Å². The summed E-state index contributed by atoms with van der Waals surface area (Å²) >= 11 is 0. The van der Waals surface area contributed by atoms with E-state index in [1.807, 2.05) is 6.92 Å². The fourth-order valence-electron chi connectivity index (χ4n) is 2.79. The second-order valence-electron chi connectivity index (χ2n) is 6.93.